The molecule has 3 heterocycles. The van der Waals surface area contributed by atoms with E-state index in [1.54, 1.807) is 0 Å². The first-order chi connectivity index (χ1) is 7.29. The Morgan fingerprint density at radius 3 is 3.20 bits per heavy atom. The van der Waals surface area contributed by atoms with Gasteiger partial charge in [-0.3, -0.25) is 0 Å². The molecular weight excluding hydrogens is 258 g/mol. The molecule has 0 amide bonds. The summed E-state index contributed by atoms with van der Waals surface area (Å²) < 4.78 is 3.20. The molecule has 6 heteroatoms. The highest BCUT2D eigenvalue weighted by Gasteiger charge is 2.20. The molecule has 0 saturated heterocycles. The van der Waals surface area contributed by atoms with Crippen molar-refractivity contribution in [1.82, 2.24) is 19.9 Å². The average Bonchev–Trinajstić information content (AvgIpc) is 2.55. The van der Waals surface area contributed by atoms with Gasteiger partial charge in [-0.2, -0.15) is 0 Å². The van der Waals surface area contributed by atoms with Gasteiger partial charge >= 0.3 is 0 Å². The number of nitrogens with two attached hydrogens (primary N) is 1. The molecule has 0 spiro atoms. The van der Waals surface area contributed by atoms with Crippen LogP contribution >= 0.6 is 15.9 Å². The lowest BCUT2D eigenvalue weighted by Gasteiger charge is -2.16. The third kappa shape index (κ3) is 1.18. The molecule has 3 rings (SSSR count). The minimum Gasteiger partial charge on any atom is -0.383 e. The van der Waals surface area contributed by atoms with Crippen LogP contribution in [0.5, 0.6) is 0 Å². The van der Waals surface area contributed by atoms with Crippen molar-refractivity contribution in [3.63, 3.8) is 0 Å². The summed E-state index contributed by atoms with van der Waals surface area (Å²) in [5.41, 5.74) is 7.97. The summed E-state index contributed by atoms with van der Waals surface area (Å²) >= 11 is 3.57. The van der Waals surface area contributed by atoms with E-state index in [1.807, 2.05) is 0 Å². The zero-order valence-corrected chi connectivity index (χ0v) is 9.58. The number of hydrogen-bond donors (Lipinski definition) is 2. The quantitative estimate of drug-likeness (QED) is 0.744. The highest BCUT2D eigenvalue weighted by molar-refractivity contribution is 9.10. The Bertz CT molecular complexity index is 533. The van der Waals surface area contributed by atoms with Crippen molar-refractivity contribution in [3.8, 4) is 0 Å². The lowest BCUT2D eigenvalue weighted by Crippen LogP contribution is -2.27. The first kappa shape index (κ1) is 9.11. The largest absolute Gasteiger partial charge is 0.383 e. The monoisotopic (exact) mass is 267 g/mol. The van der Waals surface area contributed by atoms with Crippen molar-refractivity contribution in [1.29, 1.82) is 0 Å². The smallest absolute Gasteiger partial charge is 0.146 e. The van der Waals surface area contributed by atoms with Crippen LogP contribution in [-0.2, 0) is 13.1 Å². The fourth-order valence-corrected chi connectivity index (χ4v) is 2.74. The second-order valence-corrected chi connectivity index (χ2v) is 4.34. The van der Waals surface area contributed by atoms with Gasteiger partial charge in [0.15, 0.2) is 0 Å². The number of nitrogens with zero attached hydrogens (tertiary/aromatic N) is 3. The first-order valence-corrected chi connectivity index (χ1v) is 5.56. The van der Waals surface area contributed by atoms with Gasteiger partial charge in [-0.15, -0.1) is 0 Å². The second-order valence-electron chi connectivity index (χ2n) is 3.55. The summed E-state index contributed by atoms with van der Waals surface area (Å²) in [6.45, 7) is 2.73. The molecular formula is C9H10BrN5. The van der Waals surface area contributed by atoms with E-state index in [1.165, 1.54) is 12.0 Å². The Balaban J connectivity index is 2.44. The first-order valence-electron chi connectivity index (χ1n) is 4.77. The predicted octanol–water partition coefficient (Wildman–Crippen LogP) is 0.879. The molecule has 15 heavy (non-hydrogen) atoms. The number of aromatic nitrogens is 3. The molecule has 0 atom stereocenters. The lowest BCUT2D eigenvalue weighted by molar-refractivity contribution is 0.522. The fraction of sp³-hybridized carbons (Fsp3) is 0.333. The maximum atomic E-state index is 5.85. The standard InChI is InChI=1S/C9H10BrN5/c10-7-5-3-12-1-2-15(5)9-6(7)8(11)13-4-14-9/h4,12H,1-3H2,(H2,11,13,14). The molecule has 0 aliphatic carbocycles. The van der Waals surface area contributed by atoms with Crippen molar-refractivity contribution in [2.45, 2.75) is 13.1 Å². The van der Waals surface area contributed by atoms with Crippen LogP contribution in [0, 0.1) is 0 Å². The van der Waals surface area contributed by atoms with E-state index >= 15 is 0 Å². The maximum Gasteiger partial charge on any atom is 0.146 e. The summed E-state index contributed by atoms with van der Waals surface area (Å²) in [6, 6.07) is 0. The minimum absolute atomic E-state index is 0.536. The average molecular weight is 268 g/mol. The van der Waals surface area contributed by atoms with E-state index in [-0.39, 0.29) is 0 Å². The summed E-state index contributed by atoms with van der Waals surface area (Å²) in [4.78, 5) is 8.30. The molecule has 0 radical (unpaired) electrons. The van der Waals surface area contributed by atoms with E-state index in [9.17, 15) is 0 Å². The third-order valence-electron chi connectivity index (χ3n) is 2.72. The van der Waals surface area contributed by atoms with Crippen LogP contribution < -0.4 is 11.1 Å². The maximum absolute atomic E-state index is 5.85. The molecule has 0 saturated carbocycles. The zero-order chi connectivity index (χ0) is 10.4. The Kier molecular flexibility index (Phi) is 1.93. The second kappa shape index (κ2) is 3.18. The Morgan fingerprint density at radius 2 is 2.33 bits per heavy atom. The minimum atomic E-state index is 0.536. The van der Waals surface area contributed by atoms with Gasteiger partial charge in [0.2, 0.25) is 0 Å². The Hall–Kier alpha value is -1.14. The Labute approximate surface area is 94.8 Å². The van der Waals surface area contributed by atoms with Crippen LogP contribution in [0.4, 0.5) is 5.82 Å². The zero-order valence-electron chi connectivity index (χ0n) is 8.00. The molecule has 0 unspecified atom stereocenters. The number of hydrogen-bond acceptors (Lipinski definition) is 4. The van der Waals surface area contributed by atoms with E-state index in [2.05, 4.69) is 35.8 Å². The van der Waals surface area contributed by atoms with Gasteiger partial charge in [0.1, 0.15) is 17.8 Å². The number of anilines is 1. The van der Waals surface area contributed by atoms with Gasteiger partial charge in [0.05, 0.1) is 9.86 Å². The third-order valence-corrected chi connectivity index (χ3v) is 3.57. The van der Waals surface area contributed by atoms with Crippen molar-refractivity contribution in [3.05, 3.63) is 16.5 Å². The summed E-state index contributed by atoms with van der Waals surface area (Å²) in [7, 11) is 0. The fourth-order valence-electron chi connectivity index (χ4n) is 2.01. The molecule has 5 nitrogen and oxygen atoms in total. The van der Waals surface area contributed by atoms with Crippen LogP contribution in [0.1, 0.15) is 5.69 Å². The molecule has 1 aliphatic heterocycles. The van der Waals surface area contributed by atoms with Gasteiger partial charge in [0.25, 0.3) is 0 Å². The molecule has 2 aromatic rings. The van der Waals surface area contributed by atoms with Crippen LogP contribution in [0.15, 0.2) is 10.8 Å². The molecule has 78 valence electrons. The van der Waals surface area contributed by atoms with Gasteiger partial charge in [-0.1, -0.05) is 0 Å². The molecule has 1 aliphatic rings. The van der Waals surface area contributed by atoms with Crippen LogP contribution in [0.25, 0.3) is 11.0 Å². The van der Waals surface area contributed by atoms with E-state index in [0.29, 0.717) is 5.82 Å². The van der Waals surface area contributed by atoms with Crippen molar-refractivity contribution >= 4 is 32.8 Å². The highest BCUT2D eigenvalue weighted by atomic mass is 79.9. The van der Waals surface area contributed by atoms with Crippen molar-refractivity contribution < 1.29 is 0 Å². The van der Waals surface area contributed by atoms with E-state index < -0.39 is 0 Å². The van der Waals surface area contributed by atoms with Crippen LogP contribution in [0.2, 0.25) is 0 Å². The van der Waals surface area contributed by atoms with Crippen molar-refractivity contribution in [2.75, 3.05) is 12.3 Å². The van der Waals surface area contributed by atoms with E-state index in [0.717, 1.165) is 35.1 Å². The summed E-state index contributed by atoms with van der Waals surface area (Å²) in [6.07, 6.45) is 1.51. The Morgan fingerprint density at radius 1 is 1.47 bits per heavy atom. The molecule has 0 aromatic carbocycles. The number of fused-ring (bicyclic) bond motifs is 3. The lowest BCUT2D eigenvalue weighted by atomic mass is 10.3. The molecule has 0 bridgehead atoms. The van der Waals surface area contributed by atoms with Crippen molar-refractivity contribution in [2.24, 2.45) is 0 Å². The summed E-state index contributed by atoms with van der Waals surface area (Å²) in [5.74, 6) is 0.536. The topological polar surface area (TPSA) is 68.8 Å². The van der Waals surface area contributed by atoms with E-state index in [4.69, 9.17) is 5.73 Å². The molecule has 0 fully saturated rings. The van der Waals surface area contributed by atoms with Crippen LogP contribution in [-0.4, -0.2) is 21.1 Å². The number of halogens is 1. The number of nitrogen functional groups attached to an aromatic ring is 1. The molecule has 2 aromatic heterocycles. The normalized spacial score (nSPS) is 15.5. The van der Waals surface area contributed by atoms with Gasteiger partial charge in [-0.05, 0) is 15.9 Å². The summed E-state index contributed by atoms with van der Waals surface area (Å²) in [5, 5.41) is 4.25. The number of rotatable bonds is 0. The SMILES string of the molecule is Nc1ncnc2c1c(Br)c1n2CCNC1. The van der Waals surface area contributed by atoms with Gasteiger partial charge < -0.3 is 15.6 Å². The highest BCUT2D eigenvalue weighted by Crippen LogP contribution is 2.33. The van der Waals surface area contributed by atoms with Gasteiger partial charge in [-0.25, -0.2) is 9.97 Å². The van der Waals surface area contributed by atoms with Gasteiger partial charge in [0, 0.05) is 25.3 Å². The predicted molar refractivity (Wildman–Crippen MR) is 61.3 cm³/mol. The number of nitrogens with one attached hydrogen (secondary N) is 1. The molecule has 3 N–H and O–H groups in total. The van der Waals surface area contributed by atoms with Crippen LogP contribution in [0.3, 0.4) is 0 Å².